The third kappa shape index (κ3) is 1.56. The van der Waals surface area contributed by atoms with Gasteiger partial charge >= 0.3 is 0 Å². The van der Waals surface area contributed by atoms with Gasteiger partial charge in [-0.1, -0.05) is 0 Å². The molecule has 1 aromatic carbocycles. The first kappa shape index (κ1) is 11.9. The molecule has 0 fully saturated rings. The highest BCUT2D eigenvalue weighted by atomic mass is 16.6. The average Bonchev–Trinajstić information content (AvgIpc) is 2.36. The number of aromatic nitrogens is 1. The highest BCUT2D eigenvalue weighted by molar-refractivity contribution is 5.89. The number of hydrogen-bond acceptors (Lipinski definition) is 5. The lowest BCUT2D eigenvalue weighted by atomic mass is 10.1. The molecular formula is C11H10N2O5. The van der Waals surface area contributed by atoms with Crippen LogP contribution in [0.2, 0.25) is 0 Å². The maximum Gasteiger partial charge on any atom is 0.296 e. The molecule has 2 rings (SSSR count). The topological polar surface area (TPSA) is 94.6 Å². The molecule has 0 saturated carbocycles. The zero-order valence-electron chi connectivity index (χ0n) is 9.71. The van der Waals surface area contributed by atoms with E-state index in [1.54, 1.807) is 0 Å². The molecule has 1 heterocycles. The number of fused-ring (bicyclic) bond motifs is 1. The molecular weight excluding hydrogens is 240 g/mol. The summed E-state index contributed by atoms with van der Waals surface area (Å²) in [5.41, 5.74) is -0.478. The summed E-state index contributed by atoms with van der Waals surface area (Å²) >= 11 is 0. The van der Waals surface area contributed by atoms with Gasteiger partial charge in [0.15, 0.2) is 5.75 Å². The summed E-state index contributed by atoms with van der Waals surface area (Å²) in [6.07, 6.45) is 0. The summed E-state index contributed by atoms with van der Waals surface area (Å²) in [6.45, 7) is 0. The standard InChI is InChI=1S/C11H10N2O5/c1-12-8-5-6(13(16)17)3-4-7(8)10(18-2)9(14)11(12)15/h3-5,14H,1-2H3. The molecule has 7 nitrogen and oxygen atoms in total. The smallest absolute Gasteiger partial charge is 0.296 e. The Kier molecular flexibility index (Phi) is 2.66. The number of aromatic hydroxyl groups is 1. The summed E-state index contributed by atoms with van der Waals surface area (Å²) in [7, 11) is 2.74. The molecule has 0 spiro atoms. The molecule has 0 atom stereocenters. The zero-order valence-corrected chi connectivity index (χ0v) is 9.71. The molecule has 0 aliphatic rings. The summed E-state index contributed by atoms with van der Waals surface area (Å²) < 4.78 is 6.10. The van der Waals surface area contributed by atoms with Gasteiger partial charge in [0.1, 0.15) is 0 Å². The fourth-order valence-corrected chi connectivity index (χ4v) is 1.80. The molecule has 94 valence electrons. The minimum absolute atomic E-state index is 0.0167. The summed E-state index contributed by atoms with van der Waals surface area (Å²) in [4.78, 5) is 21.9. The molecule has 0 radical (unpaired) electrons. The van der Waals surface area contributed by atoms with E-state index >= 15 is 0 Å². The molecule has 0 amide bonds. The van der Waals surface area contributed by atoms with E-state index in [9.17, 15) is 20.0 Å². The Morgan fingerprint density at radius 1 is 1.44 bits per heavy atom. The van der Waals surface area contributed by atoms with E-state index < -0.39 is 16.2 Å². The number of nitro groups is 1. The highest BCUT2D eigenvalue weighted by Gasteiger charge is 2.17. The molecule has 0 bridgehead atoms. The fraction of sp³-hybridized carbons (Fsp3) is 0.182. The Balaban J connectivity index is 2.96. The minimum Gasteiger partial charge on any atom is -0.500 e. The van der Waals surface area contributed by atoms with Gasteiger partial charge in [-0.3, -0.25) is 14.9 Å². The van der Waals surface area contributed by atoms with Gasteiger partial charge in [0.05, 0.1) is 17.5 Å². The van der Waals surface area contributed by atoms with E-state index in [1.807, 2.05) is 0 Å². The van der Waals surface area contributed by atoms with Crippen LogP contribution in [0.1, 0.15) is 0 Å². The van der Waals surface area contributed by atoms with Crippen LogP contribution < -0.4 is 10.3 Å². The predicted octanol–water partition coefficient (Wildman–Crippen LogP) is 1.16. The lowest BCUT2D eigenvalue weighted by molar-refractivity contribution is -0.384. The number of ether oxygens (including phenoxy) is 1. The Bertz CT molecular complexity index is 705. The van der Waals surface area contributed by atoms with E-state index in [-0.39, 0.29) is 11.4 Å². The van der Waals surface area contributed by atoms with Crippen molar-refractivity contribution in [1.29, 1.82) is 0 Å². The number of pyridine rings is 1. The van der Waals surface area contributed by atoms with Gasteiger partial charge in [0.2, 0.25) is 5.75 Å². The molecule has 1 N–H and O–H groups in total. The molecule has 7 heteroatoms. The number of nitrogens with zero attached hydrogens (tertiary/aromatic N) is 2. The normalized spacial score (nSPS) is 10.6. The first-order valence-electron chi connectivity index (χ1n) is 5.01. The minimum atomic E-state index is -0.667. The van der Waals surface area contributed by atoms with Gasteiger partial charge < -0.3 is 14.4 Å². The van der Waals surface area contributed by atoms with Crippen molar-refractivity contribution in [3.63, 3.8) is 0 Å². The van der Waals surface area contributed by atoms with Crippen LogP contribution in [-0.2, 0) is 7.05 Å². The van der Waals surface area contributed by atoms with E-state index in [1.165, 1.54) is 32.4 Å². The maximum absolute atomic E-state index is 11.7. The largest absolute Gasteiger partial charge is 0.500 e. The average molecular weight is 250 g/mol. The Morgan fingerprint density at radius 2 is 2.11 bits per heavy atom. The van der Waals surface area contributed by atoms with Crippen LogP contribution in [0.4, 0.5) is 5.69 Å². The second kappa shape index (κ2) is 4.02. The van der Waals surface area contributed by atoms with E-state index in [0.717, 1.165) is 4.57 Å². The monoisotopic (exact) mass is 250 g/mol. The third-order valence-corrected chi connectivity index (χ3v) is 2.72. The van der Waals surface area contributed by atoms with Crippen LogP contribution in [0.15, 0.2) is 23.0 Å². The number of methoxy groups -OCH3 is 1. The fourth-order valence-electron chi connectivity index (χ4n) is 1.80. The third-order valence-electron chi connectivity index (χ3n) is 2.72. The van der Waals surface area contributed by atoms with Gasteiger partial charge in [-0.05, 0) is 6.07 Å². The lowest BCUT2D eigenvalue weighted by Crippen LogP contribution is -2.17. The Labute approximate surface area is 101 Å². The summed E-state index contributed by atoms with van der Waals surface area (Å²) in [5, 5.41) is 20.8. The number of benzene rings is 1. The number of non-ortho nitro benzene ring substituents is 1. The van der Waals surface area contributed by atoms with Crippen molar-refractivity contribution in [3.8, 4) is 11.5 Å². The number of hydrogen-bond donors (Lipinski definition) is 1. The van der Waals surface area contributed by atoms with Crippen LogP contribution in [0.25, 0.3) is 10.9 Å². The van der Waals surface area contributed by atoms with Crippen molar-refractivity contribution in [2.45, 2.75) is 0 Å². The summed E-state index contributed by atoms with van der Waals surface area (Å²) in [5.74, 6) is -0.496. The van der Waals surface area contributed by atoms with Gasteiger partial charge in [-0.15, -0.1) is 0 Å². The number of aryl methyl sites for hydroxylation is 1. The van der Waals surface area contributed by atoms with Crippen LogP contribution in [0.3, 0.4) is 0 Å². The Morgan fingerprint density at radius 3 is 2.67 bits per heavy atom. The van der Waals surface area contributed by atoms with E-state index in [4.69, 9.17) is 4.74 Å². The van der Waals surface area contributed by atoms with Gasteiger partial charge in [0.25, 0.3) is 11.2 Å². The van der Waals surface area contributed by atoms with Crippen molar-refractivity contribution in [2.75, 3.05) is 7.11 Å². The predicted molar refractivity (Wildman–Crippen MR) is 64.1 cm³/mol. The van der Waals surface area contributed by atoms with Crippen molar-refractivity contribution in [2.24, 2.45) is 7.05 Å². The first-order chi connectivity index (χ1) is 8.47. The number of rotatable bonds is 2. The van der Waals surface area contributed by atoms with Gasteiger partial charge in [-0.25, -0.2) is 0 Å². The molecule has 2 aromatic rings. The van der Waals surface area contributed by atoms with Crippen LogP contribution in [-0.4, -0.2) is 21.7 Å². The number of nitro benzene ring substituents is 1. The first-order valence-corrected chi connectivity index (χ1v) is 5.01. The van der Waals surface area contributed by atoms with Crippen molar-refractivity contribution in [1.82, 2.24) is 4.57 Å². The second-order valence-corrected chi connectivity index (χ2v) is 3.70. The van der Waals surface area contributed by atoms with Gasteiger partial charge in [0, 0.05) is 24.6 Å². The highest BCUT2D eigenvalue weighted by Crippen LogP contribution is 2.32. The molecule has 0 unspecified atom stereocenters. The molecule has 18 heavy (non-hydrogen) atoms. The molecule has 0 aliphatic carbocycles. The Hall–Kier alpha value is -2.57. The molecule has 0 aliphatic heterocycles. The maximum atomic E-state index is 11.7. The van der Waals surface area contributed by atoms with Crippen LogP contribution in [0.5, 0.6) is 11.5 Å². The lowest BCUT2D eigenvalue weighted by Gasteiger charge is -2.10. The van der Waals surface area contributed by atoms with Crippen LogP contribution >= 0.6 is 0 Å². The van der Waals surface area contributed by atoms with Crippen molar-refractivity contribution < 1.29 is 14.8 Å². The van der Waals surface area contributed by atoms with Gasteiger partial charge in [-0.2, -0.15) is 0 Å². The quantitative estimate of drug-likeness (QED) is 0.637. The summed E-state index contributed by atoms with van der Waals surface area (Å²) in [6, 6.07) is 3.99. The van der Waals surface area contributed by atoms with E-state index in [0.29, 0.717) is 10.9 Å². The molecule has 0 saturated heterocycles. The SMILES string of the molecule is COc1c(O)c(=O)n(C)c2cc([N+](=O)[O-])ccc12. The molecule has 1 aromatic heterocycles. The zero-order chi connectivity index (χ0) is 13.4. The van der Waals surface area contributed by atoms with Crippen molar-refractivity contribution in [3.05, 3.63) is 38.7 Å². The van der Waals surface area contributed by atoms with E-state index in [2.05, 4.69) is 0 Å². The van der Waals surface area contributed by atoms with Crippen molar-refractivity contribution >= 4 is 16.6 Å². The van der Waals surface area contributed by atoms with Crippen LogP contribution in [0, 0.1) is 10.1 Å². The second-order valence-electron chi connectivity index (χ2n) is 3.70.